The second kappa shape index (κ2) is 12.0. The van der Waals surface area contributed by atoms with Gasteiger partial charge in [0.2, 0.25) is 12.4 Å². The molecule has 36 heavy (non-hydrogen) atoms. The molecule has 13 heteroatoms. The van der Waals surface area contributed by atoms with Crippen LogP contribution in [0.1, 0.15) is 34.6 Å². The van der Waals surface area contributed by atoms with Crippen LogP contribution in [0.4, 0.5) is 0 Å². The molecule has 0 amide bonds. The molecule has 0 saturated carbocycles. The lowest BCUT2D eigenvalue weighted by molar-refractivity contribution is -0.297. The highest BCUT2D eigenvalue weighted by Gasteiger charge is 2.56. The molecule has 5 atom stereocenters. The Morgan fingerprint density at radius 2 is 1.31 bits per heavy atom. The first-order chi connectivity index (χ1) is 16.7. The van der Waals surface area contributed by atoms with Crippen LogP contribution in [0, 0.1) is 0 Å². The summed E-state index contributed by atoms with van der Waals surface area (Å²) >= 11 is 5.87. The summed E-state index contributed by atoms with van der Waals surface area (Å²) < 4.78 is 37.0. The molecular formula is C23H27ClO12. The molecule has 2 rings (SSSR count). The molecule has 1 aliphatic rings. The van der Waals surface area contributed by atoms with Crippen molar-refractivity contribution in [3.63, 3.8) is 0 Å². The van der Waals surface area contributed by atoms with Gasteiger partial charge in [-0.1, -0.05) is 11.6 Å². The molecule has 0 N–H and O–H groups in total. The molecule has 0 aromatic heterocycles. The van der Waals surface area contributed by atoms with Crippen LogP contribution in [0.5, 0.6) is 5.75 Å². The van der Waals surface area contributed by atoms with Gasteiger partial charge < -0.3 is 33.2 Å². The number of hydrogen-bond donors (Lipinski definition) is 0. The van der Waals surface area contributed by atoms with Crippen molar-refractivity contribution in [3.8, 4) is 5.75 Å². The molecule has 0 aliphatic carbocycles. The third-order valence-corrected chi connectivity index (χ3v) is 4.99. The number of rotatable bonds is 8. The van der Waals surface area contributed by atoms with Gasteiger partial charge in [0.25, 0.3) is 0 Å². The molecular weight excluding hydrogens is 504 g/mol. The Hall–Kier alpha value is -3.38. The summed E-state index contributed by atoms with van der Waals surface area (Å²) in [5, 5.41) is 0.454. The first-order valence-electron chi connectivity index (χ1n) is 10.7. The van der Waals surface area contributed by atoms with Crippen molar-refractivity contribution < 1.29 is 57.1 Å². The predicted octanol–water partition coefficient (Wildman–Crippen LogP) is 1.73. The Bertz CT molecular complexity index is 989. The van der Waals surface area contributed by atoms with Gasteiger partial charge in [0.1, 0.15) is 5.75 Å². The Morgan fingerprint density at radius 3 is 1.81 bits per heavy atom. The van der Waals surface area contributed by atoms with Crippen LogP contribution in [0.15, 0.2) is 24.3 Å². The van der Waals surface area contributed by atoms with E-state index >= 15 is 0 Å². The van der Waals surface area contributed by atoms with Gasteiger partial charge in [-0.2, -0.15) is 0 Å². The van der Waals surface area contributed by atoms with E-state index in [0.717, 1.165) is 27.9 Å². The molecule has 1 aliphatic heterocycles. The maximum absolute atomic E-state index is 13.1. The highest BCUT2D eigenvalue weighted by atomic mass is 35.5. The van der Waals surface area contributed by atoms with Crippen LogP contribution in [-0.2, 0) is 52.4 Å². The van der Waals surface area contributed by atoms with E-state index in [1.165, 1.54) is 26.0 Å². The van der Waals surface area contributed by atoms with Gasteiger partial charge in [-0.05, 0) is 38.1 Å². The monoisotopic (exact) mass is 530 g/mol. The number of esters is 5. The minimum Gasteiger partial charge on any atom is -0.476 e. The molecule has 0 unspecified atom stereocenters. The third-order valence-electron chi connectivity index (χ3n) is 4.74. The lowest BCUT2D eigenvalue weighted by Gasteiger charge is -2.43. The molecule has 0 spiro atoms. The van der Waals surface area contributed by atoms with Gasteiger partial charge in [-0.25, -0.2) is 9.59 Å². The Balaban J connectivity index is 2.41. The summed E-state index contributed by atoms with van der Waals surface area (Å²) in [4.78, 5) is 60.9. The zero-order valence-corrected chi connectivity index (χ0v) is 21.2. The molecule has 1 aromatic rings. The van der Waals surface area contributed by atoms with Crippen molar-refractivity contribution in [3.05, 3.63) is 29.3 Å². The average molecular weight is 531 g/mol. The molecule has 12 nitrogen and oxygen atoms in total. The van der Waals surface area contributed by atoms with Crippen LogP contribution in [0.3, 0.4) is 0 Å². The Morgan fingerprint density at radius 1 is 0.806 bits per heavy atom. The van der Waals surface area contributed by atoms with E-state index in [0.29, 0.717) is 10.8 Å². The number of carbonyl (C=O) groups excluding carboxylic acids is 5. The summed E-state index contributed by atoms with van der Waals surface area (Å²) in [7, 11) is 1.04. The Labute approximate surface area is 212 Å². The van der Waals surface area contributed by atoms with Crippen LogP contribution < -0.4 is 4.74 Å². The van der Waals surface area contributed by atoms with Crippen molar-refractivity contribution in [1.82, 2.24) is 0 Å². The molecule has 1 aromatic carbocycles. The number of methoxy groups -OCH3 is 1. The molecule has 1 fully saturated rings. The minimum absolute atomic E-state index is 0.294. The highest BCUT2D eigenvalue weighted by molar-refractivity contribution is 6.30. The van der Waals surface area contributed by atoms with E-state index in [1.807, 2.05) is 0 Å². The first-order valence-corrected chi connectivity index (χ1v) is 11.0. The van der Waals surface area contributed by atoms with Gasteiger partial charge in [-0.3, -0.25) is 14.4 Å². The number of halogens is 1. The van der Waals surface area contributed by atoms with Crippen LogP contribution in [-0.4, -0.2) is 73.3 Å². The van der Waals surface area contributed by atoms with Gasteiger partial charge in [0.15, 0.2) is 23.9 Å². The van der Waals surface area contributed by atoms with Crippen molar-refractivity contribution in [2.75, 3.05) is 7.11 Å². The second-order valence-corrected chi connectivity index (χ2v) is 8.58. The lowest BCUT2D eigenvalue weighted by Crippen LogP contribution is -2.64. The zero-order valence-electron chi connectivity index (χ0n) is 20.5. The summed E-state index contributed by atoms with van der Waals surface area (Å²) in [5.74, 6) is -4.31. The minimum atomic E-state index is -1.78. The normalized spacial score (nSPS) is 23.6. The van der Waals surface area contributed by atoms with Crippen molar-refractivity contribution in [2.24, 2.45) is 0 Å². The fraction of sp³-hybridized carbons (Fsp3) is 0.522. The standard InChI is InChI=1S/C23H27ClO12/c1-11(25)31-16-17(32-12(2)26)19(33-13(3)27)21(34-18(16)20(28)30-6)35-22(29)23(4,5)36-15-9-7-14(24)8-10-15/h7-10,16-19,21H,1-6H3/t16-,17-,18-,19+,21-/m0/s1. The van der Waals surface area contributed by atoms with Gasteiger partial charge in [0, 0.05) is 25.8 Å². The number of ether oxygens (including phenoxy) is 7. The number of carbonyl (C=O) groups is 5. The van der Waals surface area contributed by atoms with Gasteiger partial charge in [0.05, 0.1) is 7.11 Å². The van der Waals surface area contributed by atoms with Crippen LogP contribution in [0.2, 0.25) is 5.02 Å². The zero-order chi connectivity index (χ0) is 27.2. The highest BCUT2D eigenvalue weighted by Crippen LogP contribution is 2.31. The van der Waals surface area contributed by atoms with E-state index < -0.39 is 66.2 Å². The molecule has 1 heterocycles. The number of hydrogen-bond acceptors (Lipinski definition) is 12. The van der Waals surface area contributed by atoms with Crippen LogP contribution >= 0.6 is 11.6 Å². The lowest BCUT2D eigenvalue weighted by atomic mass is 9.97. The largest absolute Gasteiger partial charge is 0.476 e. The molecule has 1 saturated heterocycles. The topological polar surface area (TPSA) is 150 Å². The SMILES string of the molecule is COC(=O)[C@H]1O[C@@H](OC(=O)C(C)(C)Oc2ccc(Cl)cc2)[C@H](OC(C)=O)[C@@H](OC(C)=O)[C@@H]1OC(C)=O. The third kappa shape index (κ3) is 7.56. The fourth-order valence-corrected chi connectivity index (χ4v) is 3.39. The molecule has 0 bridgehead atoms. The van der Waals surface area contributed by atoms with E-state index in [1.54, 1.807) is 12.1 Å². The van der Waals surface area contributed by atoms with Crippen molar-refractivity contribution >= 4 is 41.4 Å². The molecule has 198 valence electrons. The summed E-state index contributed by atoms with van der Waals surface area (Å²) in [6.45, 7) is 5.93. The average Bonchev–Trinajstić information content (AvgIpc) is 2.77. The van der Waals surface area contributed by atoms with E-state index in [-0.39, 0.29) is 0 Å². The molecule has 0 radical (unpaired) electrons. The van der Waals surface area contributed by atoms with E-state index in [9.17, 15) is 24.0 Å². The first kappa shape index (κ1) is 28.9. The summed E-state index contributed by atoms with van der Waals surface area (Å²) in [6.07, 6.45) is -8.28. The summed E-state index contributed by atoms with van der Waals surface area (Å²) in [6, 6.07) is 6.17. The summed E-state index contributed by atoms with van der Waals surface area (Å²) in [5.41, 5.74) is -1.61. The predicted molar refractivity (Wildman–Crippen MR) is 120 cm³/mol. The second-order valence-electron chi connectivity index (χ2n) is 8.14. The van der Waals surface area contributed by atoms with E-state index in [4.69, 9.17) is 44.8 Å². The van der Waals surface area contributed by atoms with Crippen molar-refractivity contribution in [2.45, 2.75) is 70.9 Å². The number of benzene rings is 1. The fourth-order valence-electron chi connectivity index (χ4n) is 3.26. The quantitative estimate of drug-likeness (QED) is 0.355. The Kier molecular flexibility index (Phi) is 9.65. The van der Waals surface area contributed by atoms with E-state index in [2.05, 4.69) is 0 Å². The maximum atomic E-state index is 13.1. The van der Waals surface area contributed by atoms with Gasteiger partial charge >= 0.3 is 29.8 Å². The van der Waals surface area contributed by atoms with Crippen molar-refractivity contribution in [1.29, 1.82) is 0 Å². The maximum Gasteiger partial charge on any atom is 0.352 e. The van der Waals surface area contributed by atoms with Gasteiger partial charge in [-0.15, -0.1) is 0 Å². The smallest absolute Gasteiger partial charge is 0.352 e. The van der Waals surface area contributed by atoms with Crippen LogP contribution in [0.25, 0.3) is 0 Å².